The molecule has 1 atom stereocenters. The average molecular weight is 343 g/mol. The van der Waals surface area contributed by atoms with E-state index in [0.29, 0.717) is 5.56 Å². The van der Waals surface area contributed by atoms with Gasteiger partial charge in [0.15, 0.2) is 0 Å². The van der Waals surface area contributed by atoms with Crippen molar-refractivity contribution in [3.05, 3.63) is 63.2 Å². The maximum absolute atomic E-state index is 13.6. The molecule has 0 aliphatic heterocycles. The van der Waals surface area contributed by atoms with Crippen LogP contribution in [-0.4, -0.2) is 10.1 Å². The monoisotopic (exact) mass is 343 g/mol. The lowest BCUT2D eigenvalue weighted by atomic mass is 9.89. The first kappa shape index (κ1) is 12.4. The molecule has 88 valence electrons. The Bertz CT molecular complexity index is 525. The Labute approximate surface area is 113 Å². The van der Waals surface area contributed by atoms with E-state index in [9.17, 15) is 9.50 Å². The van der Waals surface area contributed by atoms with Crippen molar-refractivity contribution in [2.45, 2.75) is 12.5 Å². The van der Waals surface area contributed by atoms with E-state index >= 15 is 0 Å². The Kier molecular flexibility index (Phi) is 3.44. The minimum absolute atomic E-state index is 0.230. The largest absolute Gasteiger partial charge is 0.381 e. The summed E-state index contributed by atoms with van der Waals surface area (Å²) in [6.07, 6.45) is 2.58. The molecule has 1 unspecified atom stereocenters. The summed E-state index contributed by atoms with van der Waals surface area (Å²) < 4.78 is 14.7. The molecular formula is C13H11FINO. The molecule has 1 aromatic heterocycles. The van der Waals surface area contributed by atoms with Crippen LogP contribution in [0.15, 0.2) is 42.7 Å². The number of hydrogen-bond donors (Lipinski definition) is 1. The molecule has 1 N–H and O–H groups in total. The topological polar surface area (TPSA) is 33.1 Å². The average Bonchev–Trinajstić information content (AvgIpc) is 2.30. The van der Waals surface area contributed by atoms with E-state index in [1.54, 1.807) is 19.1 Å². The van der Waals surface area contributed by atoms with Gasteiger partial charge in [-0.15, -0.1) is 0 Å². The summed E-state index contributed by atoms with van der Waals surface area (Å²) in [7, 11) is 0. The first-order chi connectivity index (χ1) is 8.01. The number of benzene rings is 1. The lowest BCUT2D eigenvalue weighted by molar-refractivity contribution is 0.0977. The molecule has 4 heteroatoms. The highest BCUT2D eigenvalue weighted by molar-refractivity contribution is 14.1. The maximum Gasteiger partial charge on any atom is 0.147 e. The van der Waals surface area contributed by atoms with Crippen molar-refractivity contribution in [1.82, 2.24) is 4.98 Å². The van der Waals surface area contributed by atoms with Crippen LogP contribution in [0.5, 0.6) is 0 Å². The summed E-state index contributed by atoms with van der Waals surface area (Å²) in [5, 5.41) is 10.5. The smallest absolute Gasteiger partial charge is 0.147 e. The standard InChI is InChI=1S/C13H11FINO/c1-13(17,9-2-4-10(15)5-3-9)11-6-7-16-8-12(11)14/h2-8,17H,1H3. The van der Waals surface area contributed by atoms with Gasteiger partial charge in [-0.1, -0.05) is 12.1 Å². The van der Waals surface area contributed by atoms with E-state index in [4.69, 9.17) is 0 Å². The molecular weight excluding hydrogens is 332 g/mol. The molecule has 0 aliphatic rings. The Hall–Kier alpha value is -1.01. The molecule has 2 rings (SSSR count). The van der Waals surface area contributed by atoms with Gasteiger partial charge in [-0.2, -0.15) is 0 Å². The normalized spacial score (nSPS) is 14.4. The van der Waals surface area contributed by atoms with E-state index in [2.05, 4.69) is 27.6 Å². The zero-order chi connectivity index (χ0) is 12.5. The van der Waals surface area contributed by atoms with Crippen LogP contribution in [0.2, 0.25) is 0 Å². The maximum atomic E-state index is 13.6. The fourth-order valence-electron chi connectivity index (χ4n) is 1.70. The Morgan fingerprint density at radius 2 is 1.88 bits per heavy atom. The van der Waals surface area contributed by atoms with Crippen molar-refractivity contribution < 1.29 is 9.50 Å². The van der Waals surface area contributed by atoms with E-state index in [0.717, 1.165) is 9.77 Å². The summed E-state index contributed by atoms with van der Waals surface area (Å²) in [4.78, 5) is 3.68. The van der Waals surface area contributed by atoms with Crippen LogP contribution < -0.4 is 0 Å². The fourth-order valence-corrected chi connectivity index (χ4v) is 2.06. The van der Waals surface area contributed by atoms with Gasteiger partial charge in [-0.05, 0) is 53.3 Å². The van der Waals surface area contributed by atoms with Crippen molar-refractivity contribution in [3.63, 3.8) is 0 Å². The van der Waals surface area contributed by atoms with Gasteiger partial charge in [0.2, 0.25) is 0 Å². The van der Waals surface area contributed by atoms with E-state index in [-0.39, 0.29) is 5.56 Å². The SMILES string of the molecule is CC(O)(c1ccc(I)cc1)c1ccncc1F. The van der Waals surface area contributed by atoms with Crippen molar-refractivity contribution >= 4 is 22.6 Å². The molecule has 2 nitrogen and oxygen atoms in total. The first-order valence-electron chi connectivity index (χ1n) is 5.10. The molecule has 0 spiro atoms. The van der Waals surface area contributed by atoms with Gasteiger partial charge in [0.1, 0.15) is 11.4 Å². The van der Waals surface area contributed by atoms with Crippen LogP contribution in [0.3, 0.4) is 0 Å². The molecule has 0 saturated heterocycles. The predicted octanol–water partition coefficient (Wildman–Crippen LogP) is 3.08. The molecule has 1 aromatic carbocycles. The quantitative estimate of drug-likeness (QED) is 0.851. The van der Waals surface area contributed by atoms with Gasteiger partial charge in [0.25, 0.3) is 0 Å². The second-order valence-electron chi connectivity index (χ2n) is 3.93. The van der Waals surface area contributed by atoms with Crippen molar-refractivity contribution in [2.75, 3.05) is 0 Å². The van der Waals surface area contributed by atoms with E-state index in [1.165, 1.54) is 12.3 Å². The molecule has 0 aliphatic carbocycles. The lowest BCUT2D eigenvalue weighted by Gasteiger charge is -2.24. The number of nitrogens with zero attached hydrogens (tertiary/aromatic N) is 1. The highest BCUT2D eigenvalue weighted by Crippen LogP contribution is 2.30. The number of halogens is 2. The van der Waals surface area contributed by atoms with Gasteiger partial charge in [0, 0.05) is 15.3 Å². The molecule has 17 heavy (non-hydrogen) atoms. The van der Waals surface area contributed by atoms with Gasteiger partial charge in [0.05, 0.1) is 6.20 Å². The third kappa shape index (κ3) is 2.47. The summed E-state index contributed by atoms with van der Waals surface area (Å²) in [6.45, 7) is 1.58. The van der Waals surface area contributed by atoms with Crippen LogP contribution in [0.1, 0.15) is 18.1 Å². The summed E-state index contributed by atoms with van der Waals surface area (Å²) in [6, 6.07) is 8.84. The number of hydrogen-bond acceptors (Lipinski definition) is 2. The Morgan fingerprint density at radius 1 is 1.24 bits per heavy atom. The molecule has 0 fully saturated rings. The third-order valence-electron chi connectivity index (χ3n) is 2.70. The van der Waals surface area contributed by atoms with Crippen LogP contribution in [-0.2, 0) is 5.60 Å². The number of pyridine rings is 1. The van der Waals surface area contributed by atoms with Gasteiger partial charge in [-0.25, -0.2) is 4.39 Å². The molecule has 0 saturated carbocycles. The predicted molar refractivity (Wildman–Crippen MR) is 72.0 cm³/mol. The van der Waals surface area contributed by atoms with Crippen molar-refractivity contribution in [3.8, 4) is 0 Å². The van der Waals surface area contributed by atoms with Gasteiger partial charge >= 0.3 is 0 Å². The number of rotatable bonds is 2. The van der Waals surface area contributed by atoms with Crippen LogP contribution in [0.25, 0.3) is 0 Å². The summed E-state index contributed by atoms with van der Waals surface area (Å²) >= 11 is 2.18. The third-order valence-corrected chi connectivity index (χ3v) is 3.42. The van der Waals surface area contributed by atoms with Crippen molar-refractivity contribution in [2.24, 2.45) is 0 Å². The first-order valence-corrected chi connectivity index (χ1v) is 6.18. The van der Waals surface area contributed by atoms with Crippen LogP contribution in [0, 0.1) is 9.39 Å². The van der Waals surface area contributed by atoms with Gasteiger partial charge in [-0.3, -0.25) is 4.98 Å². The summed E-state index contributed by atoms with van der Waals surface area (Å²) in [5.74, 6) is -0.504. The number of aromatic nitrogens is 1. The van der Waals surface area contributed by atoms with Crippen molar-refractivity contribution in [1.29, 1.82) is 0 Å². The Morgan fingerprint density at radius 3 is 2.47 bits per heavy atom. The highest BCUT2D eigenvalue weighted by atomic mass is 127. The molecule has 1 heterocycles. The second-order valence-corrected chi connectivity index (χ2v) is 5.18. The van der Waals surface area contributed by atoms with Crippen LogP contribution in [0.4, 0.5) is 4.39 Å². The number of aliphatic hydroxyl groups is 1. The zero-order valence-corrected chi connectivity index (χ0v) is 11.3. The fraction of sp³-hybridized carbons (Fsp3) is 0.154. The zero-order valence-electron chi connectivity index (χ0n) is 9.19. The summed E-state index contributed by atoms with van der Waals surface area (Å²) in [5.41, 5.74) is -0.464. The second kappa shape index (κ2) is 4.70. The van der Waals surface area contributed by atoms with E-state index < -0.39 is 11.4 Å². The lowest BCUT2D eigenvalue weighted by Crippen LogP contribution is -2.24. The van der Waals surface area contributed by atoms with Crippen LogP contribution >= 0.6 is 22.6 Å². The molecule has 0 bridgehead atoms. The van der Waals surface area contributed by atoms with E-state index in [1.807, 2.05) is 12.1 Å². The van der Waals surface area contributed by atoms with Gasteiger partial charge < -0.3 is 5.11 Å². The minimum atomic E-state index is -1.35. The Balaban J connectivity index is 2.49. The molecule has 0 radical (unpaired) electrons. The minimum Gasteiger partial charge on any atom is -0.381 e. The molecule has 0 amide bonds. The molecule has 2 aromatic rings. The highest BCUT2D eigenvalue weighted by Gasteiger charge is 2.28.